The maximum atomic E-state index is 14.2. The van der Waals surface area contributed by atoms with Crippen molar-refractivity contribution in [2.75, 3.05) is 0 Å². The van der Waals surface area contributed by atoms with Gasteiger partial charge in [0.25, 0.3) is 0 Å². The highest BCUT2D eigenvalue weighted by molar-refractivity contribution is 6.30. The summed E-state index contributed by atoms with van der Waals surface area (Å²) in [5, 5.41) is -0.149. The SMILES string of the molecule is CC(=O)C(CC(C)C)c1cc(-c2cc(C(F)(F)F)cc(C(F)(F)F)c2)cc(-c2ccc(Cl)c(F)c2)c1. The Morgan fingerprint density at radius 2 is 1.28 bits per heavy atom. The van der Waals surface area contributed by atoms with Crippen molar-refractivity contribution in [2.45, 2.75) is 45.5 Å². The van der Waals surface area contributed by atoms with E-state index in [0.717, 1.165) is 6.07 Å². The van der Waals surface area contributed by atoms with Crippen LogP contribution < -0.4 is 0 Å². The molecule has 192 valence electrons. The molecule has 0 radical (unpaired) electrons. The Morgan fingerprint density at radius 1 is 0.778 bits per heavy atom. The maximum Gasteiger partial charge on any atom is 0.416 e. The van der Waals surface area contributed by atoms with Crippen molar-refractivity contribution in [1.29, 1.82) is 0 Å². The molecule has 3 aromatic rings. The third-order valence-corrected chi connectivity index (χ3v) is 6.04. The number of carbonyl (C=O) groups is 1. The Hall–Kier alpha value is -2.87. The van der Waals surface area contributed by atoms with Crippen molar-refractivity contribution < 1.29 is 35.5 Å². The number of Topliss-reactive ketones (excluding diaryl/α,β-unsaturated/α-hetero) is 1. The number of carbonyl (C=O) groups excluding carboxylic acids is 1. The molecule has 0 aliphatic carbocycles. The first-order valence-corrected chi connectivity index (χ1v) is 11.3. The van der Waals surface area contributed by atoms with Crippen molar-refractivity contribution in [3.05, 3.63) is 82.1 Å². The molecule has 0 heterocycles. The molecule has 0 aromatic heterocycles. The second-order valence-corrected chi connectivity index (χ2v) is 9.47. The highest BCUT2D eigenvalue weighted by atomic mass is 35.5. The second kappa shape index (κ2) is 10.2. The van der Waals surface area contributed by atoms with Crippen LogP contribution in [0.2, 0.25) is 5.02 Å². The summed E-state index contributed by atoms with van der Waals surface area (Å²) in [4.78, 5) is 12.5. The molecule has 3 aromatic carbocycles. The molecule has 0 aliphatic heterocycles. The maximum absolute atomic E-state index is 14.2. The predicted molar refractivity (Wildman–Crippen MR) is 125 cm³/mol. The molecule has 1 unspecified atom stereocenters. The van der Waals surface area contributed by atoms with Gasteiger partial charge in [-0.15, -0.1) is 0 Å². The summed E-state index contributed by atoms with van der Waals surface area (Å²) in [6.07, 6.45) is -9.63. The van der Waals surface area contributed by atoms with Crippen molar-refractivity contribution in [1.82, 2.24) is 0 Å². The van der Waals surface area contributed by atoms with Crippen LogP contribution in [0.15, 0.2) is 54.6 Å². The Bertz CT molecular complexity index is 1240. The normalized spacial score (nSPS) is 13.2. The second-order valence-electron chi connectivity index (χ2n) is 9.06. The number of hydrogen-bond acceptors (Lipinski definition) is 1. The van der Waals surface area contributed by atoms with Gasteiger partial charge in [-0.05, 0) is 83.5 Å². The lowest BCUT2D eigenvalue weighted by atomic mass is 9.84. The summed E-state index contributed by atoms with van der Waals surface area (Å²) in [6.45, 7) is 5.14. The number of benzene rings is 3. The van der Waals surface area contributed by atoms with Crippen LogP contribution in [0.3, 0.4) is 0 Å². The molecule has 3 rings (SSSR count). The van der Waals surface area contributed by atoms with E-state index in [1.165, 1.54) is 31.2 Å². The van der Waals surface area contributed by atoms with E-state index in [2.05, 4.69) is 0 Å². The molecule has 0 amide bonds. The molecule has 36 heavy (non-hydrogen) atoms. The number of ketones is 1. The van der Waals surface area contributed by atoms with E-state index in [4.69, 9.17) is 11.6 Å². The van der Waals surface area contributed by atoms with Crippen molar-refractivity contribution >= 4 is 17.4 Å². The Labute approximate surface area is 208 Å². The van der Waals surface area contributed by atoms with E-state index >= 15 is 0 Å². The third kappa shape index (κ3) is 6.46. The van der Waals surface area contributed by atoms with Gasteiger partial charge in [-0.1, -0.05) is 43.6 Å². The van der Waals surface area contributed by atoms with Crippen molar-refractivity contribution in [3.8, 4) is 22.3 Å². The molecule has 0 saturated carbocycles. The van der Waals surface area contributed by atoms with E-state index in [0.29, 0.717) is 35.2 Å². The van der Waals surface area contributed by atoms with Gasteiger partial charge >= 0.3 is 12.4 Å². The zero-order valence-corrected chi connectivity index (χ0v) is 20.2. The lowest BCUT2D eigenvalue weighted by molar-refractivity contribution is -0.143. The van der Waals surface area contributed by atoms with Crippen LogP contribution in [0, 0.1) is 11.7 Å². The zero-order valence-electron chi connectivity index (χ0n) is 19.5. The zero-order chi connectivity index (χ0) is 27.0. The van der Waals surface area contributed by atoms with Gasteiger partial charge in [0, 0.05) is 5.92 Å². The Balaban J connectivity index is 2.33. The fourth-order valence-corrected chi connectivity index (χ4v) is 4.11. The minimum atomic E-state index is -5.02. The van der Waals surface area contributed by atoms with E-state index in [1.807, 2.05) is 13.8 Å². The standard InChI is InChI=1S/C27H22ClF7O/c1-14(2)6-23(15(3)36)20-8-17(16-4-5-24(28)25(29)12-16)7-18(9-20)19-10-21(26(30,31)32)13-22(11-19)27(33,34)35/h4-5,7-14,23H,6H2,1-3H3. The molecule has 9 heteroatoms. The van der Waals surface area contributed by atoms with E-state index < -0.39 is 35.2 Å². The highest BCUT2D eigenvalue weighted by Gasteiger charge is 2.37. The average Bonchev–Trinajstić information content (AvgIpc) is 2.77. The van der Waals surface area contributed by atoms with Gasteiger partial charge in [0.05, 0.1) is 16.1 Å². The van der Waals surface area contributed by atoms with Gasteiger partial charge in [-0.3, -0.25) is 4.79 Å². The van der Waals surface area contributed by atoms with Gasteiger partial charge in [0.15, 0.2) is 0 Å². The number of rotatable bonds is 6. The Kier molecular flexibility index (Phi) is 7.89. The molecular formula is C27H22ClF7O. The van der Waals surface area contributed by atoms with Gasteiger partial charge in [0.2, 0.25) is 0 Å². The molecule has 1 atom stereocenters. The molecule has 0 spiro atoms. The first-order valence-electron chi connectivity index (χ1n) is 11.0. The summed E-state index contributed by atoms with van der Waals surface area (Å²) < 4.78 is 95.0. The predicted octanol–water partition coefficient (Wildman–Crippen LogP) is 9.57. The fourth-order valence-electron chi connectivity index (χ4n) is 3.99. The highest BCUT2D eigenvalue weighted by Crippen LogP contribution is 2.41. The van der Waals surface area contributed by atoms with Crippen LogP contribution in [0.5, 0.6) is 0 Å². The summed E-state index contributed by atoms with van der Waals surface area (Å²) in [7, 11) is 0. The van der Waals surface area contributed by atoms with Crippen molar-refractivity contribution in [2.24, 2.45) is 5.92 Å². The summed E-state index contributed by atoms with van der Waals surface area (Å²) in [6, 6.07) is 9.59. The topological polar surface area (TPSA) is 17.1 Å². The quantitative estimate of drug-likeness (QED) is 0.290. The molecule has 1 nitrogen and oxygen atoms in total. The van der Waals surface area contributed by atoms with Crippen LogP contribution in [-0.4, -0.2) is 5.78 Å². The molecule has 0 bridgehead atoms. The lowest BCUT2D eigenvalue weighted by Gasteiger charge is -2.20. The third-order valence-electron chi connectivity index (χ3n) is 5.73. The van der Waals surface area contributed by atoms with E-state index in [9.17, 15) is 35.5 Å². The molecular weight excluding hydrogens is 509 g/mol. The van der Waals surface area contributed by atoms with Gasteiger partial charge in [0.1, 0.15) is 11.6 Å². The summed E-state index contributed by atoms with van der Waals surface area (Å²) in [5.74, 6) is -1.54. The largest absolute Gasteiger partial charge is 0.416 e. The van der Waals surface area contributed by atoms with Crippen LogP contribution in [0.4, 0.5) is 30.7 Å². The molecule has 0 N–H and O–H groups in total. The smallest absolute Gasteiger partial charge is 0.299 e. The van der Waals surface area contributed by atoms with E-state index in [1.54, 1.807) is 6.07 Å². The van der Waals surface area contributed by atoms with Gasteiger partial charge in [-0.2, -0.15) is 26.3 Å². The first kappa shape index (κ1) is 27.7. The van der Waals surface area contributed by atoms with Crippen LogP contribution in [0.1, 0.15) is 49.8 Å². The summed E-state index contributed by atoms with van der Waals surface area (Å²) >= 11 is 5.76. The molecule has 0 fully saturated rings. The van der Waals surface area contributed by atoms with Crippen LogP contribution in [-0.2, 0) is 17.1 Å². The monoisotopic (exact) mass is 530 g/mol. The number of halogens is 8. The van der Waals surface area contributed by atoms with Gasteiger partial charge in [-0.25, -0.2) is 4.39 Å². The Morgan fingerprint density at radius 3 is 1.72 bits per heavy atom. The van der Waals surface area contributed by atoms with Gasteiger partial charge < -0.3 is 0 Å². The fraction of sp³-hybridized carbons (Fsp3) is 0.296. The minimum absolute atomic E-state index is 0.0319. The average molecular weight is 531 g/mol. The minimum Gasteiger partial charge on any atom is -0.299 e. The van der Waals surface area contributed by atoms with Crippen molar-refractivity contribution in [3.63, 3.8) is 0 Å². The first-order chi connectivity index (χ1) is 16.6. The van der Waals surface area contributed by atoms with Crippen LogP contribution in [0.25, 0.3) is 22.3 Å². The van der Waals surface area contributed by atoms with Crippen LogP contribution >= 0.6 is 11.6 Å². The molecule has 0 aliphatic rings. The number of alkyl halides is 6. The summed E-state index contributed by atoms with van der Waals surface area (Å²) in [5.41, 5.74) is -2.19. The molecule has 0 saturated heterocycles. The lowest BCUT2D eigenvalue weighted by Crippen LogP contribution is -2.12. The number of hydrogen-bond donors (Lipinski definition) is 0. The van der Waals surface area contributed by atoms with E-state index in [-0.39, 0.29) is 33.9 Å².